The molecule has 2 heterocycles. The molecule has 0 spiro atoms. The van der Waals surface area contributed by atoms with Crippen molar-refractivity contribution in [1.82, 2.24) is 19.5 Å². The first kappa shape index (κ1) is 10.9. The molecule has 1 saturated carbocycles. The van der Waals surface area contributed by atoms with Gasteiger partial charge in [0.15, 0.2) is 11.2 Å². The van der Waals surface area contributed by atoms with Gasteiger partial charge < -0.3 is 10.8 Å². The Labute approximate surface area is 99.8 Å². The Morgan fingerprint density at radius 1 is 1.67 bits per heavy atom. The van der Waals surface area contributed by atoms with Crippen LogP contribution in [0.15, 0.2) is 16.7 Å². The molecular formula is C10H10FN5O2. The van der Waals surface area contributed by atoms with Crippen LogP contribution in [0, 0.1) is 5.92 Å². The molecule has 2 unspecified atom stereocenters. The molecule has 7 nitrogen and oxygen atoms in total. The molecule has 0 bridgehead atoms. The molecule has 3 rings (SSSR count). The molecule has 1 fully saturated rings. The summed E-state index contributed by atoms with van der Waals surface area (Å²) in [5.74, 6) is -0.499. The van der Waals surface area contributed by atoms with Crippen LogP contribution >= 0.6 is 0 Å². The molecule has 0 aliphatic heterocycles. The third-order valence-corrected chi connectivity index (χ3v) is 2.93. The van der Waals surface area contributed by atoms with E-state index in [1.807, 2.05) is 0 Å². The molecule has 18 heavy (non-hydrogen) atoms. The zero-order valence-electron chi connectivity index (χ0n) is 9.17. The van der Waals surface area contributed by atoms with Gasteiger partial charge in [-0.15, -0.1) is 0 Å². The first-order valence-electron chi connectivity index (χ1n) is 5.30. The van der Waals surface area contributed by atoms with E-state index in [4.69, 9.17) is 10.8 Å². The average Bonchev–Trinajstić information content (AvgIpc) is 2.75. The number of aromatic nitrogens is 4. The zero-order chi connectivity index (χ0) is 12.9. The van der Waals surface area contributed by atoms with Gasteiger partial charge in [-0.1, -0.05) is 0 Å². The number of alkyl halides is 1. The number of aliphatic hydroxyl groups is 1. The highest BCUT2D eigenvalue weighted by molar-refractivity contribution is 5.73. The Morgan fingerprint density at radius 2 is 2.44 bits per heavy atom. The number of nitrogens with one attached hydrogen (secondary N) is 1. The Balaban J connectivity index is 2.12. The molecule has 94 valence electrons. The summed E-state index contributed by atoms with van der Waals surface area (Å²) in [5.41, 5.74) is 5.85. The quantitative estimate of drug-likeness (QED) is 0.666. The van der Waals surface area contributed by atoms with Crippen molar-refractivity contribution < 1.29 is 9.50 Å². The minimum absolute atomic E-state index is 0.0287. The first-order chi connectivity index (χ1) is 8.61. The molecular weight excluding hydrogens is 241 g/mol. The lowest BCUT2D eigenvalue weighted by Gasteiger charge is -1.96. The van der Waals surface area contributed by atoms with Crippen molar-refractivity contribution in [1.29, 1.82) is 0 Å². The van der Waals surface area contributed by atoms with Gasteiger partial charge in [0, 0.05) is 12.1 Å². The van der Waals surface area contributed by atoms with Crippen LogP contribution in [0.3, 0.4) is 0 Å². The summed E-state index contributed by atoms with van der Waals surface area (Å²) >= 11 is 0. The van der Waals surface area contributed by atoms with Crippen molar-refractivity contribution >= 4 is 23.3 Å². The van der Waals surface area contributed by atoms with Gasteiger partial charge in [-0.3, -0.25) is 14.3 Å². The number of H-pyrrole nitrogens is 1. The molecule has 0 radical (unpaired) electrons. The Hall–Kier alpha value is -2.22. The fourth-order valence-corrected chi connectivity index (χ4v) is 1.86. The fourth-order valence-electron chi connectivity index (χ4n) is 1.86. The van der Waals surface area contributed by atoms with E-state index in [9.17, 15) is 9.18 Å². The van der Waals surface area contributed by atoms with Crippen LogP contribution in [0.25, 0.3) is 17.4 Å². The van der Waals surface area contributed by atoms with E-state index in [1.54, 1.807) is 0 Å². The Morgan fingerprint density at radius 3 is 3.11 bits per heavy atom. The van der Waals surface area contributed by atoms with Gasteiger partial charge in [-0.2, -0.15) is 4.98 Å². The molecule has 2 atom stereocenters. The van der Waals surface area contributed by atoms with Gasteiger partial charge in [0.2, 0.25) is 5.95 Å². The molecule has 0 aromatic carbocycles. The number of anilines is 1. The van der Waals surface area contributed by atoms with E-state index in [0.29, 0.717) is 5.57 Å². The lowest BCUT2D eigenvalue weighted by Crippen LogP contribution is -2.11. The van der Waals surface area contributed by atoms with E-state index in [2.05, 4.69) is 15.0 Å². The van der Waals surface area contributed by atoms with Gasteiger partial charge in [-0.05, 0) is 5.57 Å². The lowest BCUT2D eigenvalue weighted by atomic mass is 10.4. The molecule has 2 aromatic rings. The summed E-state index contributed by atoms with van der Waals surface area (Å²) in [4.78, 5) is 21.7. The van der Waals surface area contributed by atoms with Crippen LogP contribution in [0.1, 0.15) is 0 Å². The summed E-state index contributed by atoms with van der Waals surface area (Å²) in [6.45, 7) is -0.240. The largest absolute Gasteiger partial charge is 0.396 e. The first-order valence-corrected chi connectivity index (χ1v) is 5.30. The predicted octanol–water partition coefficient (Wildman–Crippen LogP) is -0.497. The SMILES string of the molecule is Nc1nc2c(ncn2/C=C2/C(F)C2CO)c(=O)[nH]1. The van der Waals surface area contributed by atoms with Crippen LogP contribution in [0.4, 0.5) is 10.3 Å². The van der Waals surface area contributed by atoms with E-state index in [1.165, 1.54) is 17.1 Å². The van der Waals surface area contributed by atoms with E-state index in [0.717, 1.165) is 0 Å². The Kier molecular flexibility index (Phi) is 2.20. The standard InChI is InChI=1S/C10H10FN5O2/c11-6-4(5(6)2-17)1-16-3-13-7-8(16)14-10(12)15-9(7)18/h1,3,5-6,17H,2H2,(H3,12,14,15,18)/b4-1+. The summed E-state index contributed by atoms with van der Waals surface area (Å²) in [5, 5.41) is 8.88. The maximum absolute atomic E-state index is 13.2. The molecule has 4 N–H and O–H groups in total. The van der Waals surface area contributed by atoms with Crippen LogP contribution in [-0.4, -0.2) is 37.4 Å². The fraction of sp³-hybridized carbons (Fsp3) is 0.300. The molecule has 1 aliphatic carbocycles. The third-order valence-electron chi connectivity index (χ3n) is 2.93. The summed E-state index contributed by atoms with van der Waals surface area (Å²) < 4.78 is 14.6. The van der Waals surface area contributed by atoms with Crippen molar-refractivity contribution in [3.8, 4) is 0 Å². The van der Waals surface area contributed by atoms with Crippen LogP contribution in [0.2, 0.25) is 0 Å². The minimum Gasteiger partial charge on any atom is -0.396 e. The summed E-state index contributed by atoms with van der Waals surface area (Å²) in [6, 6.07) is 0. The molecule has 0 amide bonds. The highest BCUT2D eigenvalue weighted by atomic mass is 19.1. The maximum Gasteiger partial charge on any atom is 0.280 e. The van der Waals surface area contributed by atoms with Gasteiger partial charge in [0.05, 0.1) is 6.61 Å². The van der Waals surface area contributed by atoms with Crippen LogP contribution in [-0.2, 0) is 0 Å². The Bertz CT molecular complexity index is 704. The number of nitrogen functional groups attached to an aromatic ring is 1. The van der Waals surface area contributed by atoms with Crippen molar-refractivity contribution in [3.05, 3.63) is 22.3 Å². The van der Waals surface area contributed by atoms with Gasteiger partial charge in [0.1, 0.15) is 12.5 Å². The normalized spacial score (nSPS) is 24.9. The van der Waals surface area contributed by atoms with Crippen LogP contribution < -0.4 is 11.3 Å². The van der Waals surface area contributed by atoms with Crippen molar-refractivity contribution in [3.63, 3.8) is 0 Å². The zero-order valence-corrected chi connectivity index (χ0v) is 9.17. The van der Waals surface area contributed by atoms with Crippen molar-refractivity contribution in [2.75, 3.05) is 12.3 Å². The third kappa shape index (κ3) is 1.50. The second-order valence-electron chi connectivity index (χ2n) is 4.10. The topological polar surface area (TPSA) is 110 Å². The van der Waals surface area contributed by atoms with Crippen molar-refractivity contribution in [2.45, 2.75) is 6.17 Å². The van der Waals surface area contributed by atoms with E-state index >= 15 is 0 Å². The smallest absolute Gasteiger partial charge is 0.280 e. The van der Waals surface area contributed by atoms with Crippen LogP contribution in [0.5, 0.6) is 0 Å². The number of aliphatic hydroxyl groups excluding tert-OH is 1. The lowest BCUT2D eigenvalue weighted by molar-refractivity contribution is 0.259. The molecule has 8 heteroatoms. The second kappa shape index (κ2) is 3.64. The maximum atomic E-state index is 13.2. The molecule has 2 aromatic heterocycles. The number of fused-ring (bicyclic) bond motifs is 1. The monoisotopic (exact) mass is 251 g/mol. The van der Waals surface area contributed by atoms with E-state index in [-0.39, 0.29) is 23.7 Å². The molecule has 0 saturated heterocycles. The predicted molar refractivity (Wildman–Crippen MR) is 62.3 cm³/mol. The summed E-state index contributed by atoms with van der Waals surface area (Å²) in [7, 11) is 0. The van der Waals surface area contributed by atoms with Gasteiger partial charge >= 0.3 is 0 Å². The highest BCUT2D eigenvalue weighted by Crippen LogP contribution is 2.41. The number of halogens is 1. The van der Waals surface area contributed by atoms with E-state index < -0.39 is 17.6 Å². The number of aromatic amines is 1. The highest BCUT2D eigenvalue weighted by Gasteiger charge is 2.44. The number of rotatable bonds is 2. The summed E-state index contributed by atoms with van der Waals surface area (Å²) in [6.07, 6.45) is 1.69. The number of nitrogens with two attached hydrogens (primary N) is 1. The minimum atomic E-state index is -1.15. The number of hydrogen-bond acceptors (Lipinski definition) is 5. The molecule has 1 aliphatic rings. The van der Waals surface area contributed by atoms with Gasteiger partial charge in [0.25, 0.3) is 5.56 Å². The number of imidazole rings is 1. The van der Waals surface area contributed by atoms with Gasteiger partial charge in [-0.25, -0.2) is 9.37 Å². The second-order valence-corrected chi connectivity index (χ2v) is 4.10. The van der Waals surface area contributed by atoms with Crippen molar-refractivity contribution in [2.24, 2.45) is 5.92 Å². The number of hydrogen-bond donors (Lipinski definition) is 3. The average molecular weight is 251 g/mol. The number of nitrogens with zero attached hydrogens (tertiary/aromatic N) is 3.